The molecule has 0 aliphatic carbocycles. The molecular formula is C40H71O8P. The van der Waals surface area contributed by atoms with Crippen LogP contribution < -0.4 is 0 Å². The molecule has 0 aliphatic rings. The topological polar surface area (TPSA) is 119 Å². The number of unbranched alkanes of at least 4 members (excludes halogenated alkanes) is 17. The number of phosphoric acid groups is 1. The lowest BCUT2D eigenvalue weighted by atomic mass is 10.1. The van der Waals surface area contributed by atoms with Crippen LogP contribution in [-0.4, -0.2) is 41.0 Å². The molecule has 0 aromatic heterocycles. The molecule has 1 unspecified atom stereocenters. The van der Waals surface area contributed by atoms with Gasteiger partial charge in [0, 0.05) is 12.8 Å². The number of hydrogen-bond donors (Lipinski definition) is 2. The molecule has 0 bridgehead atoms. The number of hydrogen-bond acceptors (Lipinski definition) is 6. The van der Waals surface area contributed by atoms with Gasteiger partial charge in [0.15, 0.2) is 6.10 Å². The van der Waals surface area contributed by atoms with Gasteiger partial charge in [-0.25, -0.2) is 4.57 Å². The van der Waals surface area contributed by atoms with Crippen molar-refractivity contribution in [2.45, 2.75) is 180 Å². The molecule has 0 amide bonds. The van der Waals surface area contributed by atoms with E-state index in [0.29, 0.717) is 12.8 Å². The van der Waals surface area contributed by atoms with Gasteiger partial charge in [0.2, 0.25) is 0 Å². The molecule has 0 heterocycles. The Morgan fingerprint density at radius 1 is 0.551 bits per heavy atom. The Kier molecular flexibility index (Phi) is 34.4. The van der Waals surface area contributed by atoms with E-state index in [9.17, 15) is 14.2 Å². The van der Waals surface area contributed by atoms with Gasteiger partial charge in [-0.3, -0.25) is 14.1 Å². The van der Waals surface area contributed by atoms with Gasteiger partial charge in [0.1, 0.15) is 6.61 Å². The fourth-order valence-electron chi connectivity index (χ4n) is 5.20. The van der Waals surface area contributed by atoms with Crippen LogP contribution in [0.3, 0.4) is 0 Å². The second kappa shape index (κ2) is 35.8. The fourth-order valence-corrected chi connectivity index (χ4v) is 5.56. The number of allylic oxidation sites excluding steroid dienone is 8. The normalized spacial score (nSPS) is 13.0. The molecule has 0 fully saturated rings. The van der Waals surface area contributed by atoms with Gasteiger partial charge in [-0.15, -0.1) is 0 Å². The zero-order chi connectivity index (χ0) is 36.1. The molecule has 9 heteroatoms. The molecule has 1 atom stereocenters. The molecule has 49 heavy (non-hydrogen) atoms. The number of rotatable bonds is 35. The molecule has 0 aromatic rings. The molecule has 284 valence electrons. The Bertz CT molecular complexity index is 937. The van der Waals surface area contributed by atoms with Crippen LogP contribution in [0, 0.1) is 0 Å². The molecule has 0 saturated heterocycles. The van der Waals surface area contributed by atoms with Gasteiger partial charge < -0.3 is 19.3 Å². The maximum Gasteiger partial charge on any atom is 0.469 e. The highest BCUT2D eigenvalue weighted by atomic mass is 31.2. The van der Waals surface area contributed by atoms with Crippen molar-refractivity contribution < 1.29 is 37.9 Å². The summed E-state index contributed by atoms with van der Waals surface area (Å²) >= 11 is 0. The number of phosphoric ester groups is 1. The maximum atomic E-state index is 12.4. The highest BCUT2D eigenvalue weighted by Crippen LogP contribution is 2.36. The standard InChI is InChI=1S/C40H71O8P/c1-3-5-7-9-11-13-15-17-19-20-21-23-25-27-29-31-33-35-40(42)48-38(37-47-49(43,44)45)36-46-39(41)34-32-30-28-26-24-22-18-16-14-12-10-8-6-4-2/h5,7,11,13,16-19,38H,3-4,6,8-10,12,14-15,20-37H2,1-2H3,(H2,43,44,45)/b7-5-,13-11-,18-16-,19-17-. The summed E-state index contributed by atoms with van der Waals surface area (Å²) in [6, 6.07) is 0. The van der Waals surface area contributed by atoms with Crippen molar-refractivity contribution in [2.24, 2.45) is 0 Å². The molecule has 8 nitrogen and oxygen atoms in total. The van der Waals surface area contributed by atoms with E-state index in [0.717, 1.165) is 77.0 Å². The third-order valence-corrected chi connectivity index (χ3v) is 8.57. The van der Waals surface area contributed by atoms with E-state index in [-0.39, 0.29) is 19.4 Å². The summed E-state index contributed by atoms with van der Waals surface area (Å²) in [5.74, 6) is -0.908. The van der Waals surface area contributed by atoms with E-state index in [4.69, 9.17) is 19.3 Å². The quantitative estimate of drug-likeness (QED) is 0.0289. The molecule has 0 aliphatic heterocycles. The van der Waals surface area contributed by atoms with E-state index in [1.54, 1.807) is 0 Å². The monoisotopic (exact) mass is 710 g/mol. The average Bonchev–Trinajstić information content (AvgIpc) is 3.07. The Hall–Kier alpha value is -1.99. The molecular weight excluding hydrogens is 639 g/mol. The lowest BCUT2D eigenvalue weighted by molar-refractivity contribution is -0.161. The van der Waals surface area contributed by atoms with Crippen LogP contribution >= 0.6 is 7.82 Å². The summed E-state index contributed by atoms with van der Waals surface area (Å²) in [4.78, 5) is 42.7. The number of esters is 2. The second-order valence-corrected chi connectivity index (χ2v) is 14.1. The first-order chi connectivity index (χ1) is 23.8. The van der Waals surface area contributed by atoms with Crippen LogP contribution in [0.1, 0.15) is 174 Å². The van der Waals surface area contributed by atoms with Gasteiger partial charge in [-0.2, -0.15) is 0 Å². The Labute approximate surface area is 299 Å². The van der Waals surface area contributed by atoms with Crippen LogP contribution in [0.5, 0.6) is 0 Å². The summed E-state index contributed by atoms with van der Waals surface area (Å²) in [7, 11) is -4.76. The van der Waals surface area contributed by atoms with Crippen molar-refractivity contribution in [3.8, 4) is 0 Å². The lowest BCUT2D eigenvalue weighted by Crippen LogP contribution is -2.29. The summed E-state index contributed by atoms with van der Waals surface area (Å²) in [5, 5.41) is 0. The molecule has 0 saturated carbocycles. The van der Waals surface area contributed by atoms with Gasteiger partial charge >= 0.3 is 19.8 Å². The van der Waals surface area contributed by atoms with Gasteiger partial charge in [-0.1, -0.05) is 140 Å². The lowest BCUT2D eigenvalue weighted by Gasteiger charge is -2.18. The minimum absolute atomic E-state index is 0.198. The van der Waals surface area contributed by atoms with Crippen molar-refractivity contribution in [3.05, 3.63) is 48.6 Å². The predicted octanol–water partition coefficient (Wildman–Crippen LogP) is 11.6. The predicted molar refractivity (Wildman–Crippen MR) is 202 cm³/mol. The second-order valence-electron chi connectivity index (χ2n) is 12.9. The molecule has 0 radical (unpaired) electrons. The third-order valence-electron chi connectivity index (χ3n) is 8.08. The largest absolute Gasteiger partial charge is 0.469 e. The molecule has 0 aromatic carbocycles. The number of carbonyl (C=O) groups is 2. The van der Waals surface area contributed by atoms with Crippen molar-refractivity contribution in [2.75, 3.05) is 13.2 Å². The zero-order valence-corrected chi connectivity index (χ0v) is 32.0. The Morgan fingerprint density at radius 2 is 0.980 bits per heavy atom. The van der Waals surface area contributed by atoms with Crippen molar-refractivity contribution in [1.29, 1.82) is 0 Å². The fraction of sp³-hybridized carbons (Fsp3) is 0.750. The van der Waals surface area contributed by atoms with Crippen molar-refractivity contribution in [3.63, 3.8) is 0 Å². The number of ether oxygens (including phenoxy) is 2. The Morgan fingerprint density at radius 3 is 1.49 bits per heavy atom. The van der Waals surface area contributed by atoms with Crippen molar-refractivity contribution >= 4 is 19.8 Å². The minimum Gasteiger partial charge on any atom is -0.462 e. The van der Waals surface area contributed by atoms with E-state index < -0.39 is 32.5 Å². The first kappa shape index (κ1) is 47.0. The number of carbonyl (C=O) groups excluding carboxylic acids is 2. The first-order valence-corrected chi connectivity index (χ1v) is 21.0. The van der Waals surface area contributed by atoms with Gasteiger partial charge in [0.25, 0.3) is 0 Å². The maximum absolute atomic E-state index is 12.4. The van der Waals surface area contributed by atoms with Crippen LogP contribution in [0.4, 0.5) is 0 Å². The van der Waals surface area contributed by atoms with Crippen LogP contribution in [0.25, 0.3) is 0 Å². The molecule has 0 spiro atoms. The van der Waals surface area contributed by atoms with Gasteiger partial charge in [-0.05, 0) is 70.6 Å². The summed E-state index contributed by atoms with van der Waals surface area (Å²) in [6.45, 7) is 3.54. The first-order valence-electron chi connectivity index (χ1n) is 19.4. The van der Waals surface area contributed by atoms with E-state index in [1.807, 2.05) is 0 Å². The Balaban J connectivity index is 3.98. The minimum atomic E-state index is -4.76. The summed E-state index contributed by atoms with van der Waals surface area (Å²) in [6.07, 6.45) is 42.5. The van der Waals surface area contributed by atoms with E-state index in [2.05, 4.69) is 67.0 Å². The van der Waals surface area contributed by atoms with Gasteiger partial charge in [0.05, 0.1) is 6.61 Å². The highest BCUT2D eigenvalue weighted by molar-refractivity contribution is 7.46. The molecule has 2 N–H and O–H groups in total. The van der Waals surface area contributed by atoms with E-state index in [1.165, 1.54) is 57.8 Å². The van der Waals surface area contributed by atoms with Crippen LogP contribution in [0.15, 0.2) is 48.6 Å². The highest BCUT2D eigenvalue weighted by Gasteiger charge is 2.22. The van der Waals surface area contributed by atoms with Crippen LogP contribution in [0.2, 0.25) is 0 Å². The summed E-state index contributed by atoms with van der Waals surface area (Å²) in [5.41, 5.74) is 0. The van der Waals surface area contributed by atoms with Crippen molar-refractivity contribution in [1.82, 2.24) is 0 Å². The molecule has 0 rings (SSSR count). The SMILES string of the molecule is CC/C=C\C/C=C\C/C=C\CCCCCCCCCC(=O)OC(COC(=O)CCCCCCC/C=C\CCCCCCC)COP(=O)(O)O. The zero-order valence-electron chi connectivity index (χ0n) is 31.1. The average molecular weight is 711 g/mol. The van der Waals surface area contributed by atoms with E-state index >= 15 is 0 Å². The smallest absolute Gasteiger partial charge is 0.462 e. The summed E-state index contributed by atoms with van der Waals surface area (Å²) < 4.78 is 26.3. The third kappa shape index (κ3) is 38.7. The van der Waals surface area contributed by atoms with Crippen LogP contribution in [-0.2, 0) is 28.2 Å².